The first-order valence-electron chi connectivity index (χ1n) is 8.66. The number of nitrogens with zero attached hydrogens (tertiary/aromatic N) is 1. The molecule has 3 rings (SSSR count). The molecule has 1 aliphatic rings. The molecule has 1 heterocycles. The number of ether oxygens (including phenoxy) is 2. The molecule has 1 N–H and O–H groups in total. The summed E-state index contributed by atoms with van der Waals surface area (Å²) in [6.07, 6.45) is 1.47. The summed E-state index contributed by atoms with van der Waals surface area (Å²) in [7, 11) is 0. The zero-order valence-corrected chi connectivity index (χ0v) is 16.8. The normalized spacial score (nSPS) is 15.1. The van der Waals surface area contributed by atoms with E-state index in [9.17, 15) is 9.59 Å². The summed E-state index contributed by atoms with van der Waals surface area (Å²) in [5.74, 6) is -0.111. The lowest BCUT2D eigenvalue weighted by molar-refractivity contribution is -0.117. The quantitative estimate of drug-likeness (QED) is 0.560. The fraction of sp³-hybridized carbons (Fsp3) is 0.200. The van der Waals surface area contributed by atoms with Gasteiger partial charge in [0.2, 0.25) is 0 Å². The highest BCUT2D eigenvalue weighted by Gasteiger charge is 2.34. The van der Waals surface area contributed by atoms with Gasteiger partial charge in [-0.05, 0) is 61.9 Å². The van der Waals surface area contributed by atoms with Crippen LogP contribution in [-0.4, -0.2) is 25.0 Å². The van der Waals surface area contributed by atoms with Crippen LogP contribution in [-0.2, 0) is 9.59 Å². The summed E-state index contributed by atoms with van der Waals surface area (Å²) >= 11 is 12.2. The molecule has 0 unspecified atom stereocenters. The van der Waals surface area contributed by atoms with Crippen molar-refractivity contribution >= 4 is 46.8 Å². The van der Waals surface area contributed by atoms with E-state index in [2.05, 4.69) is 5.43 Å². The molecule has 0 radical (unpaired) electrons. The summed E-state index contributed by atoms with van der Waals surface area (Å²) in [5, 5.41) is 2.04. The third-order valence-corrected chi connectivity index (χ3v) is 4.44. The Morgan fingerprint density at radius 3 is 2.36 bits per heavy atom. The van der Waals surface area contributed by atoms with Gasteiger partial charge in [0.05, 0.1) is 23.9 Å². The van der Waals surface area contributed by atoms with Crippen molar-refractivity contribution in [3.8, 4) is 11.5 Å². The minimum atomic E-state index is -0.511. The van der Waals surface area contributed by atoms with Crippen molar-refractivity contribution in [1.29, 1.82) is 0 Å². The lowest BCUT2D eigenvalue weighted by atomic mass is 10.1. The number of amides is 2. The molecule has 0 aromatic heterocycles. The fourth-order valence-corrected chi connectivity index (χ4v) is 3.11. The zero-order chi connectivity index (χ0) is 20.3. The Labute approximate surface area is 172 Å². The lowest BCUT2D eigenvalue weighted by Crippen LogP contribution is -2.35. The standard InChI is InChI=1S/C20H18Cl2N2O4/c1-3-27-17-11-12(10-16(22)18(17)28-4-2)9-15-19(25)23-24(20(15)26)14-7-5-13(21)6-8-14/h5-11H,3-4H2,1-2H3,(H,23,25)/b15-9-. The number of hydrazine groups is 1. The minimum Gasteiger partial charge on any atom is -0.490 e. The topological polar surface area (TPSA) is 67.9 Å². The summed E-state index contributed by atoms with van der Waals surface area (Å²) in [5.41, 5.74) is 3.58. The van der Waals surface area contributed by atoms with Crippen LogP contribution in [0.5, 0.6) is 11.5 Å². The SMILES string of the molecule is CCOc1cc(/C=C2/C(=O)NN(c3ccc(Cl)cc3)C2=O)cc(Cl)c1OCC. The number of halogens is 2. The van der Waals surface area contributed by atoms with Gasteiger partial charge < -0.3 is 9.47 Å². The highest BCUT2D eigenvalue weighted by molar-refractivity contribution is 6.33. The second kappa shape index (κ2) is 8.54. The number of carbonyl (C=O) groups excluding carboxylic acids is 2. The van der Waals surface area contributed by atoms with Crippen LogP contribution < -0.4 is 19.9 Å². The number of hydrogen-bond acceptors (Lipinski definition) is 4. The van der Waals surface area contributed by atoms with Crippen molar-refractivity contribution in [3.05, 3.63) is 57.6 Å². The van der Waals surface area contributed by atoms with Gasteiger partial charge in [-0.2, -0.15) is 0 Å². The molecule has 0 saturated carbocycles. The van der Waals surface area contributed by atoms with Gasteiger partial charge >= 0.3 is 0 Å². The first kappa shape index (κ1) is 20.0. The third-order valence-electron chi connectivity index (χ3n) is 3.91. The number of anilines is 1. The summed E-state index contributed by atoms with van der Waals surface area (Å²) < 4.78 is 11.1. The number of carbonyl (C=O) groups is 2. The molecule has 1 aliphatic heterocycles. The van der Waals surface area contributed by atoms with E-state index in [1.807, 2.05) is 13.8 Å². The van der Waals surface area contributed by atoms with Gasteiger partial charge in [-0.15, -0.1) is 0 Å². The first-order valence-corrected chi connectivity index (χ1v) is 9.42. The Kier molecular flexibility index (Phi) is 6.11. The van der Waals surface area contributed by atoms with Crippen molar-refractivity contribution in [2.45, 2.75) is 13.8 Å². The Hall–Kier alpha value is -2.70. The highest BCUT2D eigenvalue weighted by atomic mass is 35.5. The van der Waals surface area contributed by atoms with Crippen molar-refractivity contribution in [3.63, 3.8) is 0 Å². The van der Waals surface area contributed by atoms with Gasteiger partial charge in [0.15, 0.2) is 11.5 Å². The number of benzene rings is 2. The largest absolute Gasteiger partial charge is 0.490 e. The van der Waals surface area contributed by atoms with Crippen molar-refractivity contribution < 1.29 is 19.1 Å². The maximum absolute atomic E-state index is 12.7. The van der Waals surface area contributed by atoms with Crippen LogP contribution in [0.25, 0.3) is 6.08 Å². The van der Waals surface area contributed by atoms with Crippen LogP contribution in [0.2, 0.25) is 10.0 Å². The monoisotopic (exact) mass is 420 g/mol. The molecule has 1 saturated heterocycles. The summed E-state index contributed by atoms with van der Waals surface area (Å²) in [6.45, 7) is 4.53. The molecule has 2 aromatic carbocycles. The predicted molar refractivity (Wildman–Crippen MR) is 109 cm³/mol. The molecular formula is C20H18Cl2N2O4. The Bertz CT molecular complexity index is 942. The van der Waals surface area contributed by atoms with Gasteiger partial charge in [0.25, 0.3) is 11.8 Å². The van der Waals surface area contributed by atoms with Crippen LogP contribution in [0.3, 0.4) is 0 Å². The van der Waals surface area contributed by atoms with Crippen LogP contribution in [0.1, 0.15) is 19.4 Å². The number of hydrogen-bond donors (Lipinski definition) is 1. The second-order valence-corrected chi connectivity index (χ2v) is 6.66. The average molecular weight is 421 g/mol. The van der Waals surface area contributed by atoms with E-state index in [-0.39, 0.29) is 5.57 Å². The van der Waals surface area contributed by atoms with E-state index < -0.39 is 11.8 Å². The maximum atomic E-state index is 12.7. The Balaban J connectivity index is 1.95. The molecule has 8 heteroatoms. The lowest BCUT2D eigenvalue weighted by Gasteiger charge is -2.14. The van der Waals surface area contributed by atoms with Gasteiger partial charge in [-0.1, -0.05) is 23.2 Å². The maximum Gasteiger partial charge on any atom is 0.282 e. The Morgan fingerprint density at radius 1 is 1.04 bits per heavy atom. The van der Waals surface area contributed by atoms with Gasteiger partial charge in [-0.3, -0.25) is 15.0 Å². The predicted octanol–water partition coefficient (Wildman–Crippen LogP) is 4.25. The third kappa shape index (κ3) is 4.08. The van der Waals surface area contributed by atoms with Crippen LogP contribution in [0.4, 0.5) is 5.69 Å². The zero-order valence-electron chi connectivity index (χ0n) is 15.3. The van der Waals surface area contributed by atoms with E-state index in [4.69, 9.17) is 32.7 Å². The summed E-state index contributed by atoms with van der Waals surface area (Å²) in [6, 6.07) is 9.86. The second-order valence-electron chi connectivity index (χ2n) is 5.81. The Morgan fingerprint density at radius 2 is 1.71 bits per heavy atom. The minimum absolute atomic E-state index is 0.0161. The van der Waals surface area contributed by atoms with E-state index in [1.54, 1.807) is 36.4 Å². The number of nitrogens with one attached hydrogen (secondary N) is 1. The molecule has 0 bridgehead atoms. The van der Waals surface area contributed by atoms with Crippen LogP contribution in [0.15, 0.2) is 42.0 Å². The summed E-state index contributed by atoms with van der Waals surface area (Å²) in [4.78, 5) is 25.1. The molecule has 146 valence electrons. The van der Waals surface area contributed by atoms with Crippen LogP contribution >= 0.6 is 23.2 Å². The molecule has 0 aliphatic carbocycles. The van der Waals surface area contributed by atoms with Crippen molar-refractivity contribution in [2.24, 2.45) is 0 Å². The van der Waals surface area contributed by atoms with E-state index >= 15 is 0 Å². The first-order chi connectivity index (χ1) is 13.4. The highest BCUT2D eigenvalue weighted by Crippen LogP contribution is 2.37. The van der Waals surface area contributed by atoms with Crippen molar-refractivity contribution in [2.75, 3.05) is 18.2 Å². The molecule has 0 spiro atoms. The van der Waals surface area contributed by atoms with Crippen molar-refractivity contribution in [1.82, 2.24) is 5.43 Å². The molecule has 2 amide bonds. The average Bonchev–Trinajstić information content (AvgIpc) is 2.94. The molecule has 6 nitrogen and oxygen atoms in total. The van der Waals surface area contributed by atoms with Gasteiger partial charge in [-0.25, -0.2) is 5.01 Å². The molecule has 1 fully saturated rings. The smallest absolute Gasteiger partial charge is 0.282 e. The van der Waals surface area contributed by atoms with E-state index in [0.717, 1.165) is 0 Å². The van der Waals surface area contributed by atoms with E-state index in [1.165, 1.54) is 11.1 Å². The molecule has 2 aromatic rings. The molecule has 28 heavy (non-hydrogen) atoms. The number of rotatable bonds is 6. The van der Waals surface area contributed by atoms with Gasteiger partial charge in [0.1, 0.15) is 5.57 Å². The van der Waals surface area contributed by atoms with E-state index in [0.29, 0.717) is 46.0 Å². The molecular weight excluding hydrogens is 403 g/mol. The fourth-order valence-electron chi connectivity index (χ4n) is 2.71. The van der Waals surface area contributed by atoms with Gasteiger partial charge in [0, 0.05) is 5.02 Å². The molecule has 0 atom stereocenters. The van der Waals surface area contributed by atoms with Crippen LogP contribution in [0, 0.1) is 0 Å².